The molecule has 3 aliphatic carbocycles. The lowest BCUT2D eigenvalue weighted by molar-refractivity contribution is -0.139. The van der Waals surface area contributed by atoms with Crippen LogP contribution in [0.15, 0.2) is 46.9 Å². The lowest BCUT2D eigenvalue weighted by atomic mass is 9.80. The van der Waals surface area contributed by atoms with E-state index in [2.05, 4.69) is 10.3 Å². The number of para-hydroxylation sites is 2. The van der Waals surface area contributed by atoms with Crippen LogP contribution in [-0.4, -0.2) is 41.3 Å². The summed E-state index contributed by atoms with van der Waals surface area (Å²) in [6.07, 6.45) is 14.1. The van der Waals surface area contributed by atoms with Crippen LogP contribution in [0.3, 0.4) is 0 Å². The van der Waals surface area contributed by atoms with Crippen LogP contribution in [0.5, 0.6) is 0 Å². The summed E-state index contributed by atoms with van der Waals surface area (Å²) in [5.41, 5.74) is 1.90. The quantitative estimate of drug-likeness (QED) is 0.649. The minimum absolute atomic E-state index is 0.0158. The second-order valence-electron chi connectivity index (χ2n) is 10.6. The second kappa shape index (κ2) is 9.40. The van der Waals surface area contributed by atoms with Crippen molar-refractivity contribution in [3.63, 3.8) is 0 Å². The molecular formula is C28H35N3O3. The molecule has 34 heavy (non-hydrogen) atoms. The van der Waals surface area contributed by atoms with Gasteiger partial charge in [0.25, 0.3) is 0 Å². The molecule has 2 amide bonds. The maximum atomic E-state index is 13.5. The molecule has 3 aliphatic rings. The SMILES string of the molecule is CN(C(=O)C1(C)C=CC(c2nc3ccccc3o2)=CC1)[C@@H]1CC[C@H](C(=O)NCC2CCCC2)C1. The highest BCUT2D eigenvalue weighted by atomic mass is 16.3. The number of hydrogen-bond acceptors (Lipinski definition) is 4. The molecule has 1 unspecified atom stereocenters. The number of allylic oxidation sites excluding steroid dienone is 3. The first-order valence-corrected chi connectivity index (χ1v) is 12.7. The molecule has 3 atom stereocenters. The van der Waals surface area contributed by atoms with Gasteiger partial charge in [-0.1, -0.05) is 43.2 Å². The molecule has 1 aromatic heterocycles. The lowest BCUT2D eigenvalue weighted by Gasteiger charge is -2.34. The number of carbonyl (C=O) groups is 2. The van der Waals surface area contributed by atoms with E-state index in [0.29, 0.717) is 18.2 Å². The van der Waals surface area contributed by atoms with Crippen LogP contribution in [0, 0.1) is 17.3 Å². The molecule has 1 N–H and O–H groups in total. The fourth-order valence-corrected chi connectivity index (χ4v) is 5.76. The van der Waals surface area contributed by atoms with Gasteiger partial charge in [0.05, 0.1) is 5.41 Å². The lowest BCUT2D eigenvalue weighted by Crippen LogP contribution is -2.44. The predicted octanol–water partition coefficient (Wildman–Crippen LogP) is 5.11. The Kier molecular flexibility index (Phi) is 6.32. The zero-order chi connectivity index (χ0) is 23.7. The maximum absolute atomic E-state index is 13.5. The number of hydrogen-bond donors (Lipinski definition) is 1. The Hall–Kier alpha value is -2.89. The molecule has 1 aromatic carbocycles. The minimum Gasteiger partial charge on any atom is -0.436 e. The number of nitrogens with zero attached hydrogens (tertiary/aromatic N) is 2. The van der Waals surface area contributed by atoms with Gasteiger partial charge in [0, 0.05) is 31.1 Å². The first kappa shape index (κ1) is 22.9. The number of aromatic nitrogens is 1. The smallest absolute Gasteiger partial charge is 0.232 e. The fraction of sp³-hybridized carbons (Fsp3) is 0.536. The van der Waals surface area contributed by atoms with Crippen molar-refractivity contribution in [1.82, 2.24) is 15.2 Å². The Balaban J connectivity index is 1.17. The van der Waals surface area contributed by atoms with E-state index in [1.54, 1.807) is 0 Å². The minimum atomic E-state index is -0.604. The number of carbonyl (C=O) groups excluding carboxylic acids is 2. The monoisotopic (exact) mass is 461 g/mol. The average Bonchev–Trinajstić information content (AvgIpc) is 3.62. The summed E-state index contributed by atoms with van der Waals surface area (Å²) in [5, 5.41) is 3.18. The van der Waals surface area contributed by atoms with Crippen LogP contribution < -0.4 is 5.32 Å². The summed E-state index contributed by atoms with van der Waals surface area (Å²) in [6.45, 7) is 2.80. The topological polar surface area (TPSA) is 75.4 Å². The fourth-order valence-electron chi connectivity index (χ4n) is 5.76. The van der Waals surface area contributed by atoms with Gasteiger partial charge in [-0.3, -0.25) is 9.59 Å². The third kappa shape index (κ3) is 4.55. The molecule has 5 rings (SSSR count). The number of fused-ring (bicyclic) bond motifs is 1. The van der Waals surface area contributed by atoms with Crippen molar-refractivity contribution < 1.29 is 14.0 Å². The second-order valence-corrected chi connectivity index (χ2v) is 10.6. The van der Waals surface area contributed by atoms with Crippen molar-refractivity contribution >= 4 is 28.5 Å². The number of oxazole rings is 1. The highest BCUT2D eigenvalue weighted by molar-refractivity contribution is 5.88. The Morgan fingerprint density at radius 3 is 2.71 bits per heavy atom. The highest BCUT2D eigenvalue weighted by Gasteiger charge is 2.40. The zero-order valence-corrected chi connectivity index (χ0v) is 20.3. The molecule has 180 valence electrons. The molecule has 2 fully saturated rings. The Labute approximate surface area is 201 Å². The number of nitrogens with one attached hydrogen (secondary N) is 1. The summed E-state index contributed by atoms with van der Waals surface area (Å²) < 4.78 is 5.89. The van der Waals surface area contributed by atoms with E-state index in [9.17, 15) is 9.59 Å². The molecule has 1 heterocycles. The maximum Gasteiger partial charge on any atom is 0.232 e. The van der Waals surface area contributed by atoms with Crippen molar-refractivity contribution in [1.29, 1.82) is 0 Å². The number of rotatable bonds is 6. The Morgan fingerprint density at radius 1 is 1.18 bits per heavy atom. The molecule has 0 radical (unpaired) electrons. The van der Waals surface area contributed by atoms with Crippen LogP contribution in [-0.2, 0) is 9.59 Å². The zero-order valence-electron chi connectivity index (χ0n) is 20.3. The summed E-state index contributed by atoms with van der Waals surface area (Å²) >= 11 is 0. The molecule has 2 saturated carbocycles. The van der Waals surface area contributed by atoms with E-state index >= 15 is 0 Å². The molecule has 0 saturated heterocycles. The van der Waals surface area contributed by atoms with E-state index in [4.69, 9.17) is 4.42 Å². The molecular weight excluding hydrogens is 426 g/mol. The van der Waals surface area contributed by atoms with Crippen LogP contribution in [0.25, 0.3) is 16.7 Å². The molecule has 0 bridgehead atoms. The summed E-state index contributed by atoms with van der Waals surface area (Å²) in [6, 6.07) is 7.83. The van der Waals surface area contributed by atoms with Crippen molar-refractivity contribution in [2.75, 3.05) is 13.6 Å². The van der Waals surface area contributed by atoms with Gasteiger partial charge in [0.15, 0.2) is 5.58 Å². The summed E-state index contributed by atoms with van der Waals surface area (Å²) in [5.74, 6) is 1.53. The normalized spacial score (nSPS) is 27.2. The van der Waals surface area contributed by atoms with Gasteiger partial charge >= 0.3 is 0 Å². The first-order chi connectivity index (χ1) is 16.4. The summed E-state index contributed by atoms with van der Waals surface area (Å²) in [7, 11) is 1.89. The van der Waals surface area contributed by atoms with Gasteiger partial charge in [0.1, 0.15) is 5.52 Å². The van der Waals surface area contributed by atoms with Gasteiger partial charge in [-0.2, -0.15) is 0 Å². The van der Waals surface area contributed by atoms with E-state index in [1.807, 2.05) is 61.4 Å². The van der Waals surface area contributed by atoms with Crippen molar-refractivity contribution in [2.24, 2.45) is 17.3 Å². The van der Waals surface area contributed by atoms with E-state index in [0.717, 1.165) is 42.5 Å². The predicted molar refractivity (Wildman–Crippen MR) is 133 cm³/mol. The molecule has 6 nitrogen and oxygen atoms in total. The third-order valence-electron chi connectivity index (χ3n) is 8.09. The van der Waals surface area contributed by atoms with Gasteiger partial charge in [0.2, 0.25) is 17.7 Å². The highest BCUT2D eigenvalue weighted by Crippen LogP contribution is 2.37. The number of amides is 2. The Morgan fingerprint density at radius 2 is 1.97 bits per heavy atom. The van der Waals surface area contributed by atoms with Crippen molar-refractivity contribution in [3.8, 4) is 0 Å². The standard InChI is InChI=1S/C28H35N3O3/c1-28(15-13-20(14-16-28)26-30-23-9-5-6-10-24(23)34-26)27(33)31(2)22-12-11-21(17-22)25(32)29-18-19-7-3-4-8-19/h5-6,9-10,13-15,19,21-22H,3-4,7-8,11-12,16-18H2,1-2H3,(H,29,32)/t21-,22+,28?/m0/s1. The van der Waals surface area contributed by atoms with Crippen molar-refractivity contribution in [2.45, 2.75) is 64.3 Å². The molecule has 0 aliphatic heterocycles. The number of benzene rings is 1. The van der Waals surface area contributed by atoms with Gasteiger partial charge in [-0.25, -0.2) is 4.98 Å². The van der Waals surface area contributed by atoms with Gasteiger partial charge < -0.3 is 14.6 Å². The van der Waals surface area contributed by atoms with Gasteiger partial charge in [-0.05, 0) is 63.5 Å². The van der Waals surface area contributed by atoms with Gasteiger partial charge in [-0.15, -0.1) is 0 Å². The van der Waals surface area contributed by atoms with Crippen LogP contribution in [0.1, 0.15) is 64.2 Å². The van der Waals surface area contributed by atoms with Crippen LogP contribution in [0.4, 0.5) is 0 Å². The van der Waals surface area contributed by atoms with E-state index in [-0.39, 0.29) is 23.8 Å². The van der Waals surface area contributed by atoms with E-state index < -0.39 is 5.41 Å². The average molecular weight is 462 g/mol. The third-order valence-corrected chi connectivity index (χ3v) is 8.09. The summed E-state index contributed by atoms with van der Waals surface area (Å²) in [4.78, 5) is 32.6. The van der Waals surface area contributed by atoms with E-state index in [1.165, 1.54) is 25.7 Å². The Bertz CT molecular complexity index is 1090. The van der Waals surface area contributed by atoms with Crippen LogP contribution in [0.2, 0.25) is 0 Å². The van der Waals surface area contributed by atoms with Crippen LogP contribution >= 0.6 is 0 Å². The molecule has 2 aromatic rings. The molecule has 0 spiro atoms. The largest absolute Gasteiger partial charge is 0.436 e. The first-order valence-electron chi connectivity index (χ1n) is 12.7. The van der Waals surface area contributed by atoms with Crippen molar-refractivity contribution in [3.05, 3.63) is 48.4 Å². The molecule has 6 heteroatoms.